The number of hydrogen-bond acceptors (Lipinski definition) is 5. The van der Waals surface area contributed by atoms with E-state index in [-0.39, 0.29) is 12.0 Å². The molecule has 106 valence electrons. The zero-order valence-electron chi connectivity index (χ0n) is 11.8. The summed E-state index contributed by atoms with van der Waals surface area (Å²) in [6.45, 7) is 3.87. The van der Waals surface area contributed by atoms with Gasteiger partial charge in [0.05, 0.1) is 23.9 Å². The van der Waals surface area contributed by atoms with Crippen molar-refractivity contribution in [3.05, 3.63) is 35.9 Å². The summed E-state index contributed by atoms with van der Waals surface area (Å²) in [5, 5.41) is 10.8. The number of anilines is 1. The molecule has 0 bridgehead atoms. The Bertz CT molecular complexity index is 556. The van der Waals surface area contributed by atoms with Gasteiger partial charge in [0.15, 0.2) is 0 Å². The minimum Gasteiger partial charge on any atom is -0.379 e. The molecule has 3 heterocycles. The Labute approximate surface area is 118 Å². The van der Waals surface area contributed by atoms with Crippen molar-refractivity contribution in [1.82, 2.24) is 20.4 Å². The second-order valence-corrected chi connectivity index (χ2v) is 5.04. The normalized spacial score (nSPS) is 22.4. The Balaban J connectivity index is 1.82. The maximum atomic E-state index is 5.62. The first kappa shape index (κ1) is 13.1. The molecule has 2 aromatic heterocycles. The van der Waals surface area contributed by atoms with Gasteiger partial charge < -0.3 is 9.64 Å². The van der Waals surface area contributed by atoms with Gasteiger partial charge in [-0.1, -0.05) is 6.92 Å². The quantitative estimate of drug-likeness (QED) is 0.911. The Morgan fingerprint density at radius 2 is 2.35 bits per heavy atom. The van der Waals surface area contributed by atoms with E-state index in [1.807, 2.05) is 6.20 Å². The van der Waals surface area contributed by atoms with Gasteiger partial charge in [-0.15, -0.1) is 0 Å². The number of hydrogen-bond donors (Lipinski definition) is 1. The number of methoxy groups -OCH3 is 1. The summed E-state index contributed by atoms with van der Waals surface area (Å²) >= 11 is 0. The molecule has 0 unspecified atom stereocenters. The summed E-state index contributed by atoms with van der Waals surface area (Å²) in [7, 11) is 1.76. The monoisotopic (exact) mass is 273 g/mol. The molecule has 0 aromatic carbocycles. The minimum absolute atomic E-state index is 0.137. The van der Waals surface area contributed by atoms with Crippen molar-refractivity contribution in [2.24, 2.45) is 0 Å². The van der Waals surface area contributed by atoms with E-state index in [2.05, 4.69) is 44.4 Å². The average molecular weight is 273 g/mol. The summed E-state index contributed by atoms with van der Waals surface area (Å²) in [6, 6.07) is 4.20. The van der Waals surface area contributed by atoms with E-state index < -0.39 is 0 Å². The molecule has 0 spiro atoms. The van der Waals surface area contributed by atoms with Gasteiger partial charge in [-0.3, -0.25) is 4.98 Å². The number of H-pyrrole nitrogens is 1. The number of pyridine rings is 1. The summed E-state index contributed by atoms with van der Waals surface area (Å²) in [5.41, 5.74) is 3.27. The highest BCUT2D eigenvalue weighted by Gasteiger charge is 2.35. The molecule has 6 nitrogen and oxygen atoms in total. The number of nitrogens with one attached hydrogen (secondary N) is 1. The zero-order valence-corrected chi connectivity index (χ0v) is 11.8. The topological polar surface area (TPSA) is 66.9 Å². The molecule has 0 radical (unpaired) electrons. The molecule has 1 saturated heterocycles. The van der Waals surface area contributed by atoms with Crippen LogP contribution in [-0.2, 0) is 11.2 Å². The van der Waals surface area contributed by atoms with E-state index in [0.717, 1.165) is 30.9 Å². The van der Waals surface area contributed by atoms with Crippen LogP contribution in [0.4, 0.5) is 5.69 Å². The van der Waals surface area contributed by atoms with E-state index in [9.17, 15) is 0 Å². The summed E-state index contributed by atoms with van der Waals surface area (Å²) in [6.07, 6.45) is 4.74. The second-order valence-electron chi connectivity index (χ2n) is 5.04. The number of rotatable bonds is 4. The number of ether oxygens (including phenoxy) is 1. The molecule has 3 rings (SSSR count). The molecule has 0 saturated carbocycles. The zero-order chi connectivity index (χ0) is 13.9. The molecular weight excluding hydrogens is 254 g/mol. The standard InChI is InChI=1S/C14H19N5O/c1-3-10-6-11(4-5-15-10)19-8-12(14(9-19)20-2)13-7-16-18-17-13/h4-7,12,14H,3,8-9H2,1-2H3,(H,16,17,18)/t12-,14+/m0/s1. The van der Waals surface area contributed by atoms with Crippen LogP contribution >= 0.6 is 0 Å². The Morgan fingerprint density at radius 1 is 1.45 bits per heavy atom. The van der Waals surface area contributed by atoms with Crippen molar-refractivity contribution in [2.75, 3.05) is 25.1 Å². The van der Waals surface area contributed by atoms with Gasteiger partial charge in [0.1, 0.15) is 0 Å². The smallest absolute Gasteiger partial charge is 0.0899 e. The molecule has 20 heavy (non-hydrogen) atoms. The molecule has 2 aromatic rings. The predicted molar refractivity (Wildman–Crippen MR) is 75.7 cm³/mol. The van der Waals surface area contributed by atoms with E-state index in [0.29, 0.717) is 0 Å². The first-order valence-corrected chi connectivity index (χ1v) is 6.90. The van der Waals surface area contributed by atoms with E-state index in [4.69, 9.17) is 4.74 Å². The summed E-state index contributed by atoms with van der Waals surface area (Å²) in [4.78, 5) is 6.68. The molecule has 0 amide bonds. The fourth-order valence-corrected chi connectivity index (χ4v) is 2.75. The van der Waals surface area contributed by atoms with Gasteiger partial charge in [-0.25, -0.2) is 0 Å². The summed E-state index contributed by atoms with van der Waals surface area (Å²) in [5.74, 6) is 0.247. The largest absolute Gasteiger partial charge is 0.379 e. The van der Waals surface area contributed by atoms with Crippen molar-refractivity contribution >= 4 is 5.69 Å². The van der Waals surface area contributed by atoms with Gasteiger partial charge in [-0.05, 0) is 18.6 Å². The molecule has 2 atom stereocenters. The van der Waals surface area contributed by atoms with Gasteiger partial charge in [0.25, 0.3) is 0 Å². The summed E-state index contributed by atoms with van der Waals surface area (Å²) < 4.78 is 5.62. The van der Waals surface area contributed by atoms with Gasteiger partial charge in [0, 0.05) is 37.8 Å². The van der Waals surface area contributed by atoms with Crippen LogP contribution in [0.5, 0.6) is 0 Å². The number of aromatic amines is 1. The number of aryl methyl sites for hydroxylation is 1. The Hall–Kier alpha value is -1.95. The van der Waals surface area contributed by atoms with Crippen LogP contribution in [-0.4, -0.2) is 46.7 Å². The van der Waals surface area contributed by atoms with Crippen LogP contribution < -0.4 is 4.90 Å². The lowest BCUT2D eigenvalue weighted by molar-refractivity contribution is 0.106. The maximum Gasteiger partial charge on any atom is 0.0899 e. The third-order valence-corrected chi connectivity index (χ3v) is 3.91. The van der Waals surface area contributed by atoms with Crippen molar-refractivity contribution < 1.29 is 4.74 Å². The Morgan fingerprint density at radius 3 is 3.05 bits per heavy atom. The van der Waals surface area contributed by atoms with Crippen LogP contribution in [0.2, 0.25) is 0 Å². The molecule has 1 aliphatic heterocycles. The van der Waals surface area contributed by atoms with Crippen LogP contribution in [0.3, 0.4) is 0 Å². The first-order valence-electron chi connectivity index (χ1n) is 6.90. The Kier molecular flexibility index (Phi) is 3.64. The molecule has 1 fully saturated rings. The average Bonchev–Trinajstić information content (AvgIpc) is 3.15. The molecule has 1 N–H and O–H groups in total. The second kappa shape index (κ2) is 5.58. The first-order chi connectivity index (χ1) is 9.81. The highest BCUT2D eigenvalue weighted by atomic mass is 16.5. The van der Waals surface area contributed by atoms with E-state index >= 15 is 0 Å². The van der Waals surface area contributed by atoms with Crippen molar-refractivity contribution in [3.63, 3.8) is 0 Å². The third-order valence-electron chi connectivity index (χ3n) is 3.91. The van der Waals surface area contributed by atoms with Crippen molar-refractivity contribution in [3.8, 4) is 0 Å². The predicted octanol–water partition coefficient (Wildman–Crippen LogP) is 1.38. The van der Waals surface area contributed by atoms with Gasteiger partial charge >= 0.3 is 0 Å². The van der Waals surface area contributed by atoms with E-state index in [1.54, 1.807) is 13.3 Å². The molecular formula is C14H19N5O. The molecule has 1 aliphatic rings. The highest BCUT2D eigenvalue weighted by Crippen LogP contribution is 2.31. The minimum atomic E-state index is 0.137. The van der Waals surface area contributed by atoms with Crippen LogP contribution in [0.25, 0.3) is 0 Å². The third kappa shape index (κ3) is 2.38. The van der Waals surface area contributed by atoms with Crippen LogP contribution in [0, 0.1) is 0 Å². The lowest BCUT2D eigenvalue weighted by atomic mass is 10.0. The van der Waals surface area contributed by atoms with Crippen molar-refractivity contribution in [2.45, 2.75) is 25.4 Å². The molecule has 6 heteroatoms. The van der Waals surface area contributed by atoms with Crippen LogP contribution in [0.1, 0.15) is 24.2 Å². The number of nitrogens with zero attached hydrogens (tertiary/aromatic N) is 4. The highest BCUT2D eigenvalue weighted by molar-refractivity contribution is 5.49. The lowest BCUT2D eigenvalue weighted by Crippen LogP contribution is -2.22. The van der Waals surface area contributed by atoms with Gasteiger partial charge in [0.2, 0.25) is 0 Å². The SMILES string of the molecule is CCc1cc(N2C[C@@H](OC)[C@H](c3cn[nH]n3)C2)ccn1. The fourth-order valence-electron chi connectivity index (χ4n) is 2.75. The fraction of sp³-hybridized carbons (Fsp3) is 0.500. The van der Waals surface area contributed by atoms with Crippen LogP contribution in [0.15, 0.2) is 24.5 Å². The van der Waals surface area contributed by atoms with Crippen molar-refractivity contribution in [1.29, 1.82) is 0 Å². The lowest BCUT2D eigenvalue weighted by Gasteiger charge is -2.18. The molecule has 0 aliphatic carbocycles. The van der Waals surface area contributed by atoms with E-state index in [1.165, 1.54) is 5.69 Å². The number of aromatic nitrogens is 4. The van der Waals surface area contributed by atoms with Gasteiger partial charge in [-0.2, -0.15) is 15.4 Å². The maximum absolute atomic E-state index is 5.62.